The van der Waals surface area contributed by atoms with Crippen LogP contribution in [-0.2, 0) is 17.6 Å². The second-order valence-electron chi connectivity index (χ2n) is 3.26. The summed E-state index contributed by atoms with van der Waals surface area (Å²) < 4.78 is 1.72. The SMILES string of the molecule is Cc1nn(C)c2c1C(=O)C(C=O)SC2. The zero-order chi connectivity index (χ0) is 10.3. The number of rotatable bonds is 1. The number of carbonyl (C=O) groups excluding carboxylic acids is 2. The van der Waals surface area contributed by atoms with Crippen molar-refractivity contribution in [3.05, 3.63) is 17.0 Å². The summed E-state index contributed by atoms with van der Waals surface area (Å²) in [5.74, 6) is 0.582. The molecule has 1 atom stereocenters. The molecule has 0 aromatic carbocycles. The molecule has 0 bridgehead atoms. The first-order valence-electron chi connectivity index (χ1n) is 4.28. The Morgan fingerprint density at radius 1 is 1.64 bits per heavy atom. The van der Waals surface area contributed by atoms with Crippen molar-refractivity contribution >= 4 is 23.8 Å². The van der Waals surface area contributed by atoms with E-state index in [0.717, 1.165) is 11.4 Å². The molecule has 1 aromatic rings. The van der Waals surface area contributed by atoms with E-state index in [0.29, 0.717) is 17.6 Å². The van der Waals surface area contributed by atoms with Crippen LogP contribution < -0.4 is 0 Å². The van der Waals surface area contributed by atoms with Crippen LogP contribution in [0.4, 0.5) is 0 Å². The molecule has 0 saturated heterocycles. The number of Topliss-reactive ketones (excluding diaryl/α,β-unsaturated/α-hetero) is 1. The predicted molar refractivity (Wildman–Crippen MR) is 53.4 cm³/mol. The number of aldehydes is 1. The molecule has 0 amide bonds. The maximum Gasteiger partial charge on any atom is 0.186 e. The molecule has 0 N–H and O–H groups in total. The van der Waals surface area contributed by atoms with Crippen LogP contribution in [0.5, 0.6) is 0 Å². The number of ketones is 1. The number of nitrogens with zero attached hydrogens (tertiary/aromatic N) is 2. The highest BCUT2D eigenvalue weighted by atomic mass is 32.2. The van der Waals surface area contributed by atoms with Crippen molar-refractivity contribution in [3.63, 3.8) is 0 Å². The molecule has 0 saturated carbocycles. The van der Waals surface area contributed by atoms with Gasteiger partial charge in [-0.25, -0.2) is 0 Å². The first-order valence-corrected chi connectivity index (χ1v) is 5.33. The van der Waals surface area contributed by atoms with Crippen LogP contribution in [-0.4, -0.2) is 27.1 Å². The molecule has 0 fully saturated rings. The molecule has 1 unspecified atom stereocenters. The fourth-order valence-corrected chi connectivity index (χ4v) is 2.70. The Bertz CT molecular complexity index is 411. The minimum Gasteiger partial charge on any atom is -0.302 e. The molecule has 0 aliphatic carbocycles. The number of aromatic nitrogens is 2. The van der Waals surface area contributed by atoms with Gasteiger partial charge in [0, 0.05) is 12.8 Å². The van der Waals surface area contributed by atoms with Gasteiger partial charge in [-0.3, -0.25) is 9.48 Å². The van der Waals surface area contributed by atoms with E-state index in [2.05, 4.69) is 5.10 Å². The molecule has 0 spiro atoms. The predicted octanol–water partition coefficient (Wildman–Crippen LogP) is 0.726. The number of hydrogen-bond acceptors (Lipinski definition) is 4. The standard InChI is InChI=1S/C9H10N2O2S/c1-5-8-6(11(2)10-5)4-14-7(3-12)9(8)13/h3,7H,4H2,1-2H3. The minimum absolute atomic E-state index is 0.100. The highest BCUT2D eigenvalue weighted by Gasteiger charge is 2.31. The van der Waals surface area contributed by atoms with Gasteiger partial charge in [0.2, 0.25) is 0 Å². The molecular formula is C9H10N2O2S. The van der Waals surface area contributed by atoms with Gasteiger partial charge >= 0.3 is 0 Å². The van der Waals surface area contributed by atoms with Gasteiger partial charge in [-0.2, -0.15) is 5.10 Å². The van der Waals surface area contributed by atoms with Crippen LogP contribution in [0, 0.1) is 6.92 Å². The number of thioether (sulfide) groups is 1. The van der Waals surface area contributed by atoms with E-state index < -0.39 is 5.25 Å². The lowest BCUT2D eigenvalue weighted by Crippen LogP contribution is -2.25. The first kappa shape index (κ1) is 9.45. The average molecular weight is 210 g/mol. The van der Waals surface area contributed by atoms with E-state index in [9.17, 15) is 9.59 Å². The summed E-state index contributed by atoms with van der Waals surface area (Å²) in [6, 6.07) is 0. The maximum atomic E-state index is 11.8. The average Bonchev–Trinajstić information content (AvgIpc) is 2.44. The molecule has 5 heteroatoms. The Balaban J connectivity index is 2.54. The van der Waals surface area contributed by atoms with Gasteiger partial charge in [-0.1, -0.05) is 0 Å². The molecule has 1 aliphatic rings. The minimum atomic E-state index is -0.537. The number of carbonyl (C=O) groups is 2. The zero-order valence-corrected chi connectivity index (χ0v) is 8.80. The smallest absolute Gasteiger partial charge is 0.186 e. The number of aryl methyl sites for hydroxylation is 2. The Morgan fingerprint density at radius 2 is 2.36 bits per heavy atom. The maximum absolute atomic E-state index is 11.8. The summed E-state index contributed by atoms with van der Waals surface area (Å²) in [5, 5.41) is 3.64. The van der Waals surface area contributed by atoms with Crippen molar-refractivity contribution in [2.45, 2.75) is 17.9 Å². The lowest BCUT2D eigenvalue weighted by Gasteiger charge is -2.16. The largest absolute Gasteiger partial charge is 0.302 e. The summed E-state index contributed by atoms with van der Waals surface area (Å²) in [5.41, 5.74) is 2.29. The summed E-state index contributed by atoms with van der Waals surface area (Å²) in [6.45, 7) is 1.80. The van der Waals surface area contributed by atoms with Gasteiger partial charge in [0.05, 0.1) is 17.0 Å². The van der Waals surface area contributed by atoms with Gasteiger partial charge in [0.1, 0.15) is 11.5 Å². The summed E-state index contributed by atoms with van der Waals surface area (Å²) >= 11 is 1.36. The van der Waals surface area contributed by atoms with Crippen LogP contribution in [0.25, 0.3) is 0 Å². The second-order valence-corrected chi connectivity index (χ2v) is 4.39. The topological polar surface area (TPSA) is 52.0 Å². The second kappa shape index (κ2) is 3.24. The van der Waals surface area contributed by atoms with E-state index in [1.54, 1.807) is 11.6 Å². The number of hydrogen-bond donors (Lipinski definition) is 0. The first-order chi connectivity index (χ1) is 6.65. The molecule has 4 nitrogen and oxygen atoms in total. The van der Waals surface area contributed by atoms with Crippen LogP contribution in [0.15, 0.2) is 0 Å². The van der Waals surface area contributed by atoms with Crippen LogP contribution >= 0.6 is 11.8 Å². The third kappa shape index (κ3) is 1.19. The zero-order valence-electron chi connectivity index (χ0n) is 7.98. The molecule has 74 valence electrons. The van der Waals surface area contributed by atoms with E-state index in [1.165, 1.54) is 11.8 Å². The Hall–Kier alpha value is -1.10. The van der Waals surface area contributed by atoms with E-state index in [1.807, 2.05) is 7.05 Å². The van der Waals surface area contributed by atoms with Gasteiger partial charge in [-0.15, -0.1) is 11.8 Å². The lowest BCUT2D eigenvalue weighted by atomic mass is 10.1. The Kier molecular flexibility index (Phi) is 2.19. The quantitative estimate of drug-likeness (QED) is 0.506. The summed E-state index contributed by atoms with van der Waals surface area (Å²) in [4.78, 5) is 22.4. The summed E-state index contributed by atoms with van der Waals surface area (Å²) in [6.07, 6.45) is 0.711. The highest BCUT2D eigenvalue weighted by Crippen LogP contribution is 2.30. The van der Waals surface area contributed by atoms with Gasteiger partial charge in [0.15, 0.2) is 5.78 Å². The molecule has 14 heavy (non-hydrogen) atoms. The van der Waals surface area contributed by atoms with Gasteiger partial charge in [0.25, 0.3) is 0 Å². The van der Waals surface area contributed by atoms with E-state index in [4.69, 9.17) is 0 Å². The molecule has 1 aromatic heterocycles. The Morgan fingerprint density at radius 3 is 3.00 bits per heavy atom. The molecule has 1 aliphatic heterocycles. The van der Waals surface area contributed by atoms with E-state index in [-0.39, 0.29) is 5.78 Å². The van der Waals surface area contributed by atoms with Crippen molar-refractivity contribution in [3.8, 4) is 0 Å². The monoisotopic (exact) mass is 210 g/mol. The van der Waals surface area contributed by atoms with Crippen molar-refractivity contribution in [1.82, 2.24) is 9.78 Å². The molecule has 2 rings (SSSR count). The van der Waals surface area contributed by atoms with Crippen molar-refractivity contribution in [1.29, 1.82) is 0 Å². The fraction of sp³-hybridized carbons (Fsp3) is 0.444. The summed E-state index contributed by atoms with van der Waals surface area (Å²) in [7, 11) is 1.82. The fourth-order valence-electron chi connectivity index (χ4n) is 1.68. The van der Waals surface area contributed by atoms with Crippen molar-refractivity contribution < 1.29 is 9.59 Å². The number of fused-ring (bicyclic) bond motifs is 1. The third-order valence-corrected chi connectivity index (χ3v) is 3.49. The lowest BCUT2D eigenvalue weighted by molar-refractivity contribution is -0.106. The van der Waals surface area contributed by atoms with Crippen molar-refractivity contribution in [2.24, 2.45) is 7.05 Å². The van der Waals surface area contributed by atoms with Gasteiger partial charge in [-0.05, 0) is 6.92 Å². The van der Waals surface area contributed by atoms with E-state index >= 15 is 0 Å². The molecule has 0 radical (unpaired) electrons. The van der Waals surface area contributed by atoms with Crippen molar-refractivity contribution in [2.75, 3.05) is 0 Å². The van der Waals surface area contributed by atoms with Crippen LogP contribution in [0.2, 0.25) is 0 Å². The third-order valence-electron chi connectivity index (χ3n) is 2.37. The molecule has 2 heterocycles. The van der Waals surface area contributed by atoms with Crippen LogP contribution in [0.1, 0.15) is 21.7 Å². The van der Waals surface area contributed by atoms with Crippen LogP contribution in [0.3, 0.4) is 0 Å². The Labute approximate surface area is 85.7 Å². The molecular weight excluding hydrogens is 200 g/mol. The highest BCUT2D eigenvalue weighted by molar-refractivity contribution is 8.00. The van der Waals surface area contributed by atoms with Gasteiger partial charge < -0.3 is 4.79 Å². The normalized spacial score (nSPS) is 20.7.